The van der Waals surface area contributed by atoms with Gasteiger partial charge in [-0.1, -0.05) is 91.8 Å². The van der Waals surface area contributed by atoms with Crippen LogP contribution in [0.5, 0.6) is 0 Å². The van der Waals surface area contributed by atoms with Crippen LogP contribution in [0.2, 0.25) is 0 Å². The molecule has 0 aliphatic heterocycles. The zero-order valence-electron chi connectivity index (χ0n) is 17.6. The fraction of sp³-hybridized carbons (Fsp3) is 0.423. The molecule has 2 heteroatoms. The summed E-state index contributed by atoms with van der Waals surface area (Å²) < 4.78 is 0. The molecule has 0 spiro atoms. The van der Waals surface area contributed by atoms with Crippen LogP contribution in [-0.4, -0.2) is 11.1 Å². The fourth-order valence-electron chi connectivity index (χ4n) is 5.74. The first-order valence-electron chi connectivity index (χ1n) is 10.3. The molecule has 0 amide bonds. The molecule has 148 valence electrons. The first-order chi connectivity index (χ1) is 13.3. The van der Waals surface area contributed by atoms with Crippen LogP contribution >= 0.6 is 0 Å². The molecule has 28 heavy (non-hydrogen) atoms. The van der Waals surface area contributed by atoms with Crippen molar-refractivity contribution in [3.8, 4) is 0 Å². The lowest BCUT2D eigenvalue weighted by Crippen LogP contribution is -2.53. The number of carbonyl (C=O) groups is 1. The highest BCUT2D eigenvalue weighted by Gasteiger charge is 2.61. The lowest BCUT2D eigenvalue weighted by molar-refractivity contribution is -0.159. The van der Waals surface area contributed by atoms with Crippen molar-refractivity contribution in [2.45, 2.75) is 41.0 Å². The van der Waals surface area contributed by atoms with Crippen molar-refractivity contribution in [3.63, 3.8) is 0 Å². The number of fused-ring (bicyclic) bond motifs is 1. The van der Waals surface area contributed by atoms with Crippen molar-refractivity contribution in [1.29, 1.82) is 0 Å². The second-order valence-corrected chi connectivity index (χ2v) is 8.69. The van der Waals surface area contributed by atoms with Crippen molar-refractivity contribution in [2.75, 3.05) is 0 Å². The van der Waals surface area contributed by atoms with Crippen LogP contribution in [0.15, 0.2) is 71.9 Å². The summed E-state index contributed by atoms with van der Waals surface area (Å²) in [5.74, 6) is 0.00474. The maximum atomic E-state index is 12.7. The van der Waals surface area contributed by atoms with Crippen molar-refractivity contribution in [1.82, 2.24) is 0 Å². The van der Waals surface area contributed by atoms with Crippen molar-refractivity contribution in [3.05, 3.63) is 77.4 Å². The zero-order valence-corrected chi connectivity index (χ0v) is 17.6. The molecule has 0 saturated heterocycles. The number of carboxylic acid groups (broad SMARTS) is 1. The number of carboxylic acids is 1. The largest absolute Gasteiger partial charge is 0.481 e. The van der Waals surface area contributed by atoms with Gasteiger partial charge in [-0.15, -0.1) is 0 Å². The Morgan fingerprint density at radius 2 is 1.82 bits per heavy atom. The molecule has 1 aromatic rings. The van der Waals surface area contributed by atoms with Crippen LogP contribution in [0.25, 0.3) is 6.08 Å². The lowest BCUT2D eigenvalue weighted by Gasteiger charge is -2.53. The van der Waals surface area contributed by atoms with Gasteiger partial charge in [-0.3, -0.25) is 4.79 Å². The molecular weight excluding hydrogens is 344 g/mol. The van der Waals surface area contributed by atoms with Crippen LogP contribution in [0, 0.1) is 28.6 Å². The summed E-state index contributed by atoms with van der Waals surface area (Å²) in [6, 6.07) is 10.2. The van der Waals surface area contributed by atoms with E-state index in [2.05, 4.69) is 64.1 Å². The first kappa shape index (κ1) is 20.4. The summed E-state index contributed by atoms with van der Waals surface area (Å²) in [6.45, 7) is 10.6. The van der Waals surface area contributed by atoms with Crippen LogP contribution < -0.4 is 0 Å². The Bertz CT molecular complexity index is 858. The van der Waals surface area contributed by atoms with E-state index in [0.29, 0.717) is 5.92 Å². The highest BCUT2D eigenvalue weighted by atomic mass is 16.4. The number of hydrogen-bond donors (Lipinski definition) is 1. The van der Waals surface area contributed by atoms with Crippen molar-refractivity contribution >= 4 is 12.0 Å². The molecular formula is C26H32O2. The summed E-state index contributed by atoms with van der Waals surface area (Å²) in [7, 11) is 0. The smallest absolute Gasteiger partial charge is 0.311 e. The molecule has 2 aliphatic rings. The van der Waals surface area contributed by atoms with E-state index < -0.39 is 16.8 Å². The predicted molar refractivity (Wildman–Crippen MR) is 117 cm³/mol. The predicted octanol–water partition coefficient (Wildman–Crippen LogP) is 6.53. The lowest BCUT2D eigenvalue weighted by atomic mass is 9.49. The second kappa shape index (κ2) is 7.58. The van der Waals surface area contributed by atoms with Gasteiger partial charge in [0.15, 0.2) is 0 Å². The Balaban J connectivity index is 2.05. The van der Waals surface area contributed by atoms with E-state index in [9.17, 15) is 9.90 Å². The monoisotopic (exact) mass is 376 g/mol. The van der Waals surface area contributed by atoms with Crippen molar-refractivity contribution in [2.24, 2.45) is 28.6 Å². The number of benzene rings is 1. The molecule has 2 aliphatic carbocycles. The molecule has 1 aromatic carbocycles. The molecule has 5 atom stereocenters. The molecule has 2 nitrogen and oxygen atoms in total. The molecule has 0 bridgehead atoms. The van der Waals surface area contributed by atoms with Crippen molar-refractivity contribution < 1.29 is 9.90 Å². The Morgan fingerprint density at radius 3 is 2.43 bits per heavy atom. The number of hydrogen-bond acceptors (Lipinski definition) is 1. The standard InChI is InChI=1S/C26H32O2/c1-6-26(15-11-10-14-21-12-8-7-9-13-21)17-20(4)22-18(2)16-19(3)23(22)25(26,5)24(27)28/h7-18,22-23H,6H2,1-5H3,(H,27,28)/t18-,22-,23+,25+,26+/m1/s1. The van der Waals surface area contributed by atoms with Gasteiger partial charge in [-0.05, 0) is 44.6 Å². The highest BCUT2D eigenvalue weighted by Crippen LogP contribution is 2.62. The van der Waals surface area contributed by atoms with Gasteiger partial charge >= 0.3 is 5.97 Å². The Morgan fingerprint density at radius 1 is 1.14 bits per heavy atom. The Labute approximate surface area is 169 Å². The zero-order chi connectivity index (χ0) is 20.5. The summed E-state index contributed by atoms with van der Waals surface area (Å²) in [5, 5.41) is 10.4. The summed E-state index contributed by atoms with van der Waals surface area (Å²) in [4.78, 5) is 12.7. The van der Waals surface area contributed by atoms with Crippen LogP contribution in [-0.2, 0) is 4.79 Å². The maximum absolute atomic E-state index is 12.7. The summed E-state index contributed by atoms with van der Waals surface area (Å²) in [5.41, 5.74) is 2.31. The topological polar surface area (TPSA) is 37.3 Å². The number of aliphatic carboxylic acids is 1. The van der Waals surface area contributed by atoms with Gasteiger partial charge in [-0.2, -0.15) is 0 Å². The molecule has 0 radical (unpaired) electrons. The number of allylic oxidation sites excluding steroid dienone is 7. The van der Waals surface area contributed by atoms with Gasteiger partial charge in [0.05, 0.1) is 5.41 Å². The minimum Gasteiger partial charge on any atom is -0.481 e. The third kappa shape index (κ3) is 3.09. The second-order valence-electron chi connectivity index (χ2n) is 8.69. The molecule has 3 rings (SSSR count). The molecule has 0 aromatic heterocycles. The van der Waals surface area contributed by atoms with Crippen LogP contribution in [0.4, 0.5) is 0 Å². The molecule has 0 fully saturated rings. The van der Waals surface area contributed by atoms with Gasteiger partial charge < -0.3 is 5.11 Å². The SMILES string of the molecule is CC[C@]1(C=CC=Cc2ccccc2)C=C(C)[C@H]2[C@H](C)C=C(C)[C@@H]2[C@@]1(C)C(=O)O. The van der Waals surface area contributed by atoms with Gasteiger partial charge in [0.25, 0.3) is 0 Å². The maximum Gasteiger partial charge on any atom is 0.311 e. The van der Waals surface area contributed by atoms with E-state index in [-0.39, 0.29) is 11.8 Å². The highest BCUT2D eigenvalue weighted by molar-refractivity contribution is 5.79. The molecule has 0 unspecified atom stereocenters. The van der Waals surface area contributed by atoms with E-state index in [1.807, 2.05) is 37.3 Å². The Hall–Kier alpha value is -2.35. The van der Waals surface area contributed by atoms with E-state index in [1.165, 1.54) is 11.1 Å². The van der Waals surface area contributed by atoms with Crippen LogP contribution in [0.1, 0.15) is 46.6 Å². The third-order valence-corrected chi connectivity index (χ3v) is 7.16. The van der Waals surface area contributed by atoms with E-state index in [0.717, 1.165) is 12.0 Å². The molecule has 1 N–H and O–H groups in total. The molecule has 0 heterocycles. The van der Waals surface area contributed by atoms with E-state index in [1.54, 1.807) is 0 Å². The average molecular weight is 377 g/mol. The van der Waals surface area contributed by atoms with Gasteiger partial charge in [0.1, 0.15) is 0 Å². The minimum atomic E-state index is -0.867. The summed E-state index contributed by atoms with van der Waals surface area (Å²) >= 11 is 0. The fourth-order valence-corrected chi connectivity index (χ4v) is 5.74. The van der Waals surface area contributed by atoms with E-state index in [4.69, 9.17) is 0 Å². The normalized spacial score (nSPS) is 35.1. The van der Waals surface area contributed by atoms with Gasteiger partial charge in [-0.25, -0.2) is 0 Å². The quantitative estimate of drug-likeness (QED) is 0.468. The first-order valence-corrected chi connectivity index (χ1v) is 10.3. The number of rotatable bonds is 5. The molecule has 0 saturated carbocycles. The van der Waals surface area contributed by atoms with Crippen LogP contribution in [0.3, 0.4) is 0 Å². The van der Waals surface area contributed by atoms with Gasteiger partial charge in [0, 0.05) is 11.3 Å². The average Bonchev–Trinajstić information content (AvgIpc) is 2.98. The summed E-state index contributed by atoms with van der Waals surface area (Å²) in [6.07, 6.45) is 13.5. The Kier molecular flexibility index (Phi) is 5.52. The van der Waals surface area contributed by atoms with Gasteiger partial charge in [0.2, 0.25) is 0 Å². The minimum absolute atomic E-state index is 0.0349. The third-order valence-electron chi connectivity index (χ3n) is 7.16. The van der Waals surface area contributed by atoms with E-state index >= 15 is 0 Å².